The molecule has 0 radical (unpaired) electrons. The average molecular weight is 332 g/mol. The Labute approximate surface area is 135 Å². The highest BCUT2D eigenvalue weighted by Crippen LogP contribution is 2.39. The number of thioether (sulfide) groups is 1. The Kier molecular flexibility index (Phi) is 3.49. The van der Waals surface area contributed by atoms with Crippen LogP contribution in [0.4, 0.5) is 10.3 Å². The zero-order chi connectivity index (χ0) is 15.8. The zero-order valence-electron chi connectivity index (χ0n) is 12.0. The molecule has 118 valence electrons. The van der Waals surface area contributed by atoms with Crippen LogP contribution in [0.3, 0.4) is 0 Å². The molecule has 0 bridgehead atoms. The molecule has 0 amide bonds. The Hall–Kier alpha value is -2.42. The van der Waals surface area contributed by atoms with E-state index in [1.807, 2.05) is 4.57 Å². The molecule has 2 aromatic heterocycles. The van der Waals surface area contributed by atoms with Crippen LogP contribution >= 0.6 is 11.8 Å². The molecule has 9 heteroatoms. The van der Waals surface area contributed by atoms with Crippen LogP contribution in [-0.2, 0) is 5.75 Å². The molecule has 0 aliphatic heterocycles. The minimum atomic E-state index is -0.301. The SMILES string of the molecule is Nc1nnc(SCc2nc(-c3ccc(F)cc3)no2)n1C1CC1. The van der Waals surface area contributed by atoms with E-state index in [0.717, 1.165) is 18.0 Å². The molecule has 7 nitrogen and oxygen atoms in total. The summed E-state index contributed by atoms with van der Waals surface area (Å²) in [5, 5.41) is 12.7. The lowest BCUT2D eigenvalue weighted by Crippen LogP contribution is -2.02. The van der Waals surface area contributed by atoms with Gasteiger partial charge in [-0.3, -0.25) is 4.57 Å². The Balaban J connectivity index is 1.47. The van der Waals surface area contributed by atoms with E-state index < -0.39 is 0 Å². The first kappa shape index (κ1) is 14.2. The fourth-order valence-electron chi connectivity index (χ4n) is 2.22. The van der Waals surface area contributed by atoms with E-state index in [2.05, 4.69) is 20.3 Å². The van der Waals surface area contributed by atoms with E-state index in [9.17, 15) is 4.39 Å². The normalized spacial score (nSPS) is 14.3. The average Bonchev–Trinajstić information content (AvgIpc) is 3.15. The number of nitrogens with zero attached hydrogens (tertiary/aromatic N) is 5. The van der Waals surface area contributed by atoms with E-state index in [1.165, 1.54) is 23.9 Å². The van der Waals surface area contributed by atoms with E-state index in [-0.39, 0.29) is 5.82 Å². The highest BCUT2D eigenvalue weighted by Gasteiger charge is 2.29. The van der Waals surface area contributed by atoms with Crippen molar-refractivity contribution in [2.24, 2.45) is 0 Å². The number of hydrogen-bond acceptors (Lipinski definition) is 7. The van der Waals surface area contributed by atoms with Crippen molar-refractivity contribution in [1.29, 1.82) is 0 Å². The summed E-state index contributed by atoms with van der Waals surface area (Å²) in [6.45, 7) is 0. The van der Waals surface area contributed by atoms with Gasteiger partial charge in [0, 0.05) is 11.6 Å². The molecule has 3 aromatic rings. The number of halogens is 1. The van der Waals surface area contributed by atoms with Crippen LogP contribution in [-0.4, -0.2) is 24.9 Å². The molecule has 1 aliphatic carbocycles. The van der Waals surface area contributed by atoms with Gasteiger partial charge in [-0.05, 0) is 37.1 Å². The molecule has 0 spiro atoms. The van der Waals surface area contributed by atoms with E-state index in [4.69, 9.17) is 10.3 Å². The largest absolute Gasteiger partial charge is 0.368 e. The molecular formula is C14H13FN6OS. The Bertz CT molecular complexity index is 826. The first-order chi connectivity index (χ1) is 11.2. The summed E-state index contributed by atoms with van der Waals surface area (Å²) in [5.74, 6) is 1.51. The van der Waals surface area contributed by atoms with Gasteiger partial charge in [-0.1, -0.05) is 16.9 Å². The van der Waals surface area contributed by atoms with Crippen molar-refractivity contribution in [3.05, 3.63) is 36.0 Å². The quantitative estimate of drug-likeness (QED) is 0.718. The van der Waals surface area contributed by atoms with Crippen molar-refractivity contribution in [2.45, 2.75) is 29.8 Å². The van der Waals surface area contributed by atoms with Crippen molar-refractivity contribution < 1.29 is 8.91 Å². The topological polar surface area (TPSA) is 95.7 Å². The highest BCUT2D eigenvalue weighted by molar-refractivity contribution is 7.98. The molecular weight excluding hydrogens is 319 g/mol. The van der Waals surface area contributed by atoms with Crippen LogP contribution in [0.25, 0.3) is 11.4 Å². The monoisotopic (exact) mass is 332 g/mol. The zero-order valence-corrected chi connectivity index (χ0v) is 12.8. The van der Waals surface area contributed by atoms with Gasteiger partial charge in [0.1, 0.15) is 5.82 Å². The molecule has 2 N–H and O–H groups in total. The molecule has 1 saturated carbocycles. The fraction of sp³-hybridized carbons (Fsp3) is 0.286. The number of benzene rings is 1. The van der Waals surface area contributed by atoms with Gasteiger partial charge in [0.2, 0.25) is 17.7 Å². The molecule has 1 aromatic carbocycles. The standard InChI is InChI=1S/C14H13FN6OS/c15-9-3-1-8(2-4-9)12-17-11(22-20-12)7-23-14-19-18-13(16)21(14)10-5-6-10/h1-4,10H,5-7H2,(H2,16,18). The molecule has 1 fully saturated rings. The van der Waals surface area contributed by atoms with Gasteiger partial charge < -0.3 is 10.3 Å². The lowest BCUT2D eigenvalue weighted by atomic mass is 10.2. The molecule has 1 aliphatic rings. The minimum Gasteiger partial charge on any atom is -0.368 e. The predicted octanol–water partition coefficient (Wildman–Crippen LogP) is 2.68. The van der Waals surface area contributed by atoms with Crippen molar-refractivity contribution in [3.63, 3.8) is 0 Å². The third-order valence-corrected chi connectivity index (χ3v) is 4.43. The molecule has 23 heavy (non-hydrogen) atoms. The first-order valence-corrected chi connectivity index (χ1v) is 8.11. The number of nitrogens with two attached hydrogens (primary N) is 1. The third kappa shape index (κ3) is 2.91. The summed E-state index contributed by atoms with van der Waals surface area (Å²) >= 11 is 1.45. The Morgan fingerprint density at radius 2 is 2.04 bits per heavy atom. The fourth-order valence-corrected chi connectivity index (χ4v) is 3.07. The number of aromatic nitrogens is 5. The Morgan fingerprint density at radius 1 is 1.26 bits per heavy atom. The summed E-state index contributed by atoms with van der Waals surface area (Å²) in [7, 11) is 0. The number of nitrogen functional groups attached to an aromatic ring is 1. The molecule has 0 atom stereocenters. The van der Waals surface area contributed by atoms with E-state index in [1.54, 1.807) is 12.1 Å². The van der Waals surface area contributed by atoms with Gasteiger partial charge in [0.15, 0.2) is 5.16 Å². The predicted molar refractivity (Wildman–Crippen MR) is 82.0 cm³/mol. The van der Waals surface area contributed by atoms with Gasteiger partial charge in [0.05, 0.1) is 5.75 Å². The van der Waals surface area contributed by atoms with Crippen molar-refractivity contribution in [1.82, 2.24) is 24.9 Å². The Morgan fingerprint density at radius 3 is 2.78 bits per heavy atom. The maximum absolute atomic E-state index is 12.9. The van der Waals surface area contributed by atoms with Gasteiger partial charge in [-0.25, -0.2) is 4.39 Å². The van der Waals surface area contributed by atoms with Crippen LogP contribution in [0.1, 0.15) is 24.8 Å². The summed E-state index contributed by atoms with van der Waals surface area (Å²) in [5.41, 5.74) is 6.54. The summed E-state index contributed by atoms with van der Waals surface area (Å²) in [4.78, 5) is 4.31. The molecule has 0 unspecified atom stereocenters. The second kappa shape index (κ2) is 5.65. The van der Waals surface area contributed by atoms with Crippen molar-refractivity contribution in [2.75, 3.05) is 5.73 Å². The second-order valence-corrected chi connectivity index (χ2v) is 6.19. The van der Waals surface area contributed by atoms with Gasteiger partial charge in [-0.2, -0.15) is 4.98 Å². The number of hydrogen-bond donors (Lipinski definition) is 1. The van der Waals surface area contributed by atoms with Gasteiger partial charge >= 0.3 is 0 Å². The van der Waals surface area contributed by atoms with Crippen molar-refractivity contribution >= 4 is 17.7 Å². The molecule has 4 rings (SSSR count). The summed E-state index contributed by atoms with van der Waals surface area (Å²) < 4.78 is 20.1. The lowest BCUT2D eigenvalue weighted by molar-refractivity contribution is 0.391. The van der Waals surface area contributed by atoms with Crippen LogP contribution in [0, 0.1) is 5.82 Å². The maximum atomic E-state index is 12.9. The van der Waals surface area contributed by atoms with Crippen LogP contribution < -0.4 is 5.73 Å². The van der Waals surface area contributed by atoms with Crippen LogP contribution in [0.15, 0.2) is 33.9 Å². The van der Waals surface area contributed by atoms with E-state index >= 15 is 0 Å². The van der Waals surface area contributed by atoms with Gasteiger partial charge in [0.25, 0.3) is 0 Å². The van der Waals surface area contributed by atoms with Crippen LogP contribution in [0.2, 0.25) is 0 Å². The molecule has 2 heterocycles. The van der Waals surface area contributed by atoms with Crippen LogP contribution in [0.5, 0.6) is 0 Å². The number of anilines is 1. The first-order valence-electron chi connectivity index (χ1n) is 7.12. The minimum absolute atomic E-state index is 0.301. The van der Waals surface area contributed by atoms with Crippen molar-refractivity contribution in [3.8, 4) is 11.4 Å². The second-order valence-electron chi connectivity index (χ2n) is 5.25. The van der Waals surface area contributed by atoms with Gasteiger partial charge in [-0.15, -0.1) is 10.2 Å². The highest BCUT2D eigenvalue weighted by atomic mass is 32.2. The third-order valence-electron chi connectivity index (χ3n) is 3.50. The maximum Gasteiger partial charge on any atom is 0.237 e. The van der Waals surface area contributed by atoms with E-state index in [0.29, 0.717) is 35.0 Å². The lowest BCUT2D eigenvalue weighted by Gasteiger charge is -2.03. The molecule has 0 saturated heterocycles. The summed E-state index contributed by atoms with van der Waals surface area (Å²) in [6.07, 6.45) is 2.20. The number of rotatable bonds is 5. The smallest absolute Gasteiger partial charge is 0.237 e. The summed E-state index contributed by atoms with van der Waals surface area (Å²) in [6, 6.07) is 6.36.